The van der Waals surface area contributed by atoms with E-state index in [1.54, 1.807) is 7.05 Å². The zero-order valence-corrected chi connectivity index (χ0v) is 23.1. The molecule has 3 aromatic rings. The lowest BCUT2D eigenvalue weighted by Crippen LogP contribution is -2.39. The molecule has 38 heavy (non-hydrogen) atoms. The molecule has 1 saturated carbocycles. The number of carbonyl (C=O) groups is 1. The van der Waals surface area contributed by atoms with Crippen molar-refractivity contribution in [2.45, 2.75) is 57.4 Å². The van der Waals surface area contributed by atoms with Gasteiger partial charge in [-0.15, -0.1) is 0 Å². The Hall–Kier alpha value is -2.99. The van der Waals surface area contributed by atoms with Crippen LogP contribution in [-0.4, -0.2) is 52.1 Å². The summed E-state index contributed by atoms with van der Waals surface area (Å²) in [7, 11) is 1.58. The van der Waals surface area contributed by atoms with Gasteiger partial charge >= 0.3 is 6.03 Å². The number of urea groups is 1. The highest BCUT2D eigenvalue weighted by molar-refractivity contribution is 7.19. The summed E-state index contributed by atoms with van der Waals surface area (Å²) in [5.41, 5.74) is 4.59. The molecule has 2 fully saturated rings. The van der Waals surface area contributed by atoms with E-state index in [0.29, 0.717) is 21.9 Å². The van der Waals surface area contributed by atoms with Gasteiger partial charge in [0.2, 0.25) is 0 Å². The zero-order chi connectivity index (χ0) is 26.1. The molecule has 1 aromatic carbocycles. The van der Waals surface area contributed by atoms with Crippen LogP contribution in [0, 0.1) is 17.8 Å². The zero-order valence-electron chi connectivity index (χ0n) is 21.5. The minimum Gasteiger partial charge on any atom is -0.341 e. The normalized spacial score (nSPS) is 17.8. The van der Waals surface area contributed by atoms with Crippen molar-refractivity contribution >= 4 is 34.1 Å². The van der Waals surface area contributed by atoms with Gasteiger partial charge in [-0.2, -0.15) is 0 Å². The summed E-state index contributed by atoms with van der Waals surface area (Å²) in [6.45, 7) is 2.33. The second kappa shape index (κ2) is 11.0. The maximum atomic E-state index is 11.8. The number of fused-ring (bicyclic) bond motifs is 3. The van der Waals surface area contributed by atoms with Crippen molar-refractivity contribution in [1.29, 1.82) is 0 Å². The number of thiazole rings is 1. The Morgan fingerprint density at radius 3 is 2.74 bits per heavy atom. The second-order valence-corrected chi connectivity index (χ2v) is 11.7. The third kappa shape index (κ3) is 5.28. The van der Waals surface area contributed by atoms with E-state index in [0.717, 1.165) is 64.7 Å². The fraction of sp³-hybridized carbons (Fsp3) is 0.448. The van der Waals surface area contributed by atoms with E-state index in [-0.39, 0.29) is 6.03 Å². The Labute approximate surface area is 232 Å². The smallest absolute Gasteiger partial charge is 0.320 e. The summed E-state index contributed by atoms with van der Waals surface area (Å²) < 4.78 is 0. The Morgan fingerprint density at radius 2 is 1.95 bits per heavy atom. The number of hydrogen-bond acceptors (Lipinski definition) is 6. The number of aromatic nitrogens is 3. The number of piperidine rings is 1. The van der Waals surface area contributed by atoms with Gasteiger partial charge in [0, 0.05) is 36.3 Å². The summed E-state index contributed by atoms with van der Waals surface area (Å²) in [6, 6.07) is 6.38. The quantitative estimate of drug-likeness (QED) is 0.407. The van der Waals surface area contributed by atoms with Crippen molar-refractivity contribution in [3.8, 4) is 33.8 Å². The predicted molar refractivity (Wildman–Crippen MR) is 153 cm³/mol. The second-order valence-electron chi connectivity index (χ2n) is 10.3. The minimum absolute atomic E-state index is 0.288. The lowest BCUT2D eigenvalue weighted by Gasteiger charge is -2.34. The maximum absolute atomic E-state index is 11.8. The van der Waals surface area contributed by atoms with Gasteiger partial charge in [0.05, 0.1) is 21.3 Å². The molecular formula is C29H31ClN6OS. The number of carbonyl (C=O) groups excluding carboxylic acids is 1. The average molecular weight is 547 g/mol. The van der Waals surface area contributed by atoms with Crippen LogP contribution in [-0.2, 0) is 12.8 Å². The van der Waals surface area contributed by atoms with E-state index in [1.807, 2.05) is 24.4 Å². The van der Waals surface area contributed by atoms with Gasteiger partial charge < -0.3 is 10.2 Å². The Morgan fingerprint density at radius 1 is 1.13 bits per heavy atom. The molecule has 9 heteroatoms. The molecule has 0 radical (unpaired) electrons. The molecule has 196 valence electrons. The van der Waals surface area contributed by atoms with Gasteiger partial charge in [0.15, 0.2) is 11.0 Å². The summed E-state index contributed by atoms with van der Waals surface area (Å²) >= 11 is 8.05. The van der Waals surface area contributed by atoms with E-state index in [9.17, 15) is 4.79 Å². The highest BCUT2D eigenvalue weighted by Crippen LogP contribution is 2.39. The van der Waals surface area contributed by atoms with Crippen molar-refractivity contribution in [2.24, 2.45) is 5.92 Å². The Balaban J connectivity index is 1.21. The van der Waals surface area contributed by atoms with Crippen LogP contribution >= 0.6 is 22.9 Å². The summed E-state index contributed by atoms with van der Waals surface area (Å²) in [6.07, 6.45) is 11.3. The first-order valence-corrected chi connectivity index (χ1v) is 14.7. The summed E-state index contributed by atoms with van der Waals surface area (Å²) in [4.78, 5) is 29.6. The van der Waals surface area contributed by atoms with Crippen LogP contribution in [0.3, 0.4) is 0 Å². The first kappa shape index (κ1) is 25.3. The largest absolute Gasteiger partial charge is 0.341 e. The molecule has 7 nitrogen and oxygen atoms in total. The molecule has 6 rings (SSSR count). The molecule has 3 heterocycles. The monoisotopic (exact) mass is 546 g/mol. The predicted octanol–water partition coefficient (Wildman–Crippen LogP) is 5.78. The van der Waals surface area contributed by atoms with Crippen LogP contribution in [0.2, 0.25) is 5.02 Å². The van der Waals surface area contributed by atoms with Gasteiger partial charge in [-0.25, -0.2) is 19.7 Å². The number of benzene rings is 1. The van der Waals surface area contributed by atoms with Crippen molar-refractivity contribution in [3.63, 3.8) is 0 Å². The third-order valence-corrected chi connectivity index (χ3v) is 9.20. The van der Waals surface area contributed by atoms with Crippen LogP contribution in [0.1, 0.15) is 55.3 Å². The van der Waals surface area contributed by atoms with E-state index in [2.05, 4.69) is 37.3 Å². The molecule has 2 aliphatic carbocycles. The van der Waals surface area contributed by atoms with E-state index in [1.165, 1.54) is 50.1 Å². The van der Waals surface area contributed by atoms with Gasteiger partial charge in [-0.1, -0.05) is 47.6 Å². The fourth-order valence-electron chi connectivity index (χ4n) is 5.73. The topological polar surface area (TPSA) is 83.0 Å². The number of nitrogens with zero attached hydrogens (tertiary/aromatic N) is 4. The van der Waals surface area contributed by atoms with Crippen molar-refractivity contribution in [2.75, 3.05) is 25.5 Å². The lowest BCUT2D eigenvalue weighted by atomic mass is 9.95. The molecule has 2 aromatic heterocycles. The van der Waals surface area contributed by atoms with Crippen LogP contribution in [0.5, 0.6) is 0 Å². The first-order valence-electron chi connectivity index (χ1n) is 13.5. The number of aryl methyl sites for hydroxylation is 2. The van der Waals surface area contributed by atoms with E-state index in [4.69, 9.17) is 16.6 Å². The third-order valence-electron chi connectivity index (χ3n) is 7.85. The molecule has 0 atom stereocenters. The number of anilines is 1. The molecular weight excluding hydrogens is 516 g/mol. The number of nitrogens with one attached hydrogen (secondary N) is 2. The van der Waals surface area contributed by atoms with Gasteiger partial charge in [0.1, 0.15) is 0 Å². The number of amides is 2. The van der Waals surface area contributed by atoms with Crippen molar-refractivity contribution in [3.05, 3.63) is 46.2 Å². The SMILES string of the molecule is CNC(=O)Nc1nc2c(s1)-c1nc(-c3cc(C#CC4CCN(C5CCCC5)CC4)ccc3Cl)ncc1CC2. The van der Waals surface area contributed by atoms with E-state index < -0.39 is 0 Å². The van der Waals surface area contributed by atoms with Crippen LogP contribution in [0.15, 0.2) is 24.4 Å². The van der Waals surface area contributed by atoms with Gasteiger partial charge in [-0.3, -0.25) is 5.32 Å². The standard InChI is InChI=1S/C29H31ClN6OS/c1-31-28(37)35-29-33-24-11-9-20-17-32-27(34-25(20)26(24)38-29)22-16-19(8-10-23(22)30)7-6-18-12-14-36(15-13-18)21-4-2-3-5-21/h8,10,16-18,21H,2-5,9,11-15H2,1H3,(H2,31,33,35,37). The van der Waals surface area contributed by atoms with Crippen LogP contribution in [0.4, 0.5) is 9.93 Å². The van der Waals surface area contributed by atoms with Crippen molar-refractivity contribution in [1.82, 2.24) is 25.2 Å². The van der Waals surface area contributed by atoms with Gasteiger partial charge in [0.25, 0.3) is 0 Å². The number of hydrogen-bond donors (Lipinski definition) is 2. The molecule has 0 spiro atoms. The van der Waals surface area contributed by atoms with Crippen LogP contribution in [0.25, 0.3) is 22.0 Å². The molecule has 0 bridgehead atoms. The van der Waals surface area contributed by atoms with Crippen LogP contribution < -0.4 is 10.6 Å². The molecule has 2 amide bonds. The lowest BCUT2D eigenvalue weighted by molar-refractivity contribution is 0.149. The van der Waals surface area contributed by atoms with Crippen molar-refractivity contribution < 1.29 is 4.79 Å². The Bertz CT molecular complexity index is 1410. The first-order chi connectivity index (χ1) is 18.6. The molecule has 1 aliphatic heterocycles. The molecule has 2 N–H and O–H groups in total. The van der Waals surface area contributed by atoms with E-state index >= 15 is 0 Å². The van der Waals surface area contributed by atoms with Gasteiger partial charge in [-0.05, 0) is 75.4 Å². The maximum Gasteiger partial charge on any atom is 0.320 e. The molecule has 3 aliphatic rings. The Kier molecular flexibility index (Phi) is 7.33. The summed E-state index contributed by atoms with van der Waals surface area (Å²) in [5.74, 6) is 7.94. The molecule has 1 saturated heterocycles. The fourth-order valence-corrected chi connectivity index (χ4v) is 6.96. The highest BCUT2D eigenvalue weighted by Gasteiger charge is 2.27. The average Bonchev–Trinajstić information content (AvgIpc) is 3.63. The number of halogens is 1. The minimum atomic E-state index is -0.288. The number of likely N-dealkylation sites (tertiary alicyclic amines) is 1. The highest BCUT2D eigenvalue weighted by atomic mass is 35.5. The number of rotatable bonds is 3. The summed E-state index contributed by atoms with van der Waals surface area (Å²) in [5, 5.41) is 6.50. The molecule has 0 unspecified atom stereocenters.